The molecule has 0 radical (unpaired) electrons. The fourth-order valence-electron chi connectivity index (χ4n) is 1.62. The van der Waals surface area contributed by atoms with E-state index in [0.717, 1.165) is 6.61 Å². The Morgan fingerprint density at radius 2 is 2.21 bits per heavy atom. The first-order valence-electron chi connectivity index (χ1n) is 6.18. The predicted octanol–water partition coefficient (Wildman–Crippen LogP) is 1.27. The van der Waals surface area contributed by atoms with Crippen molar-refractivity contribution in [3.8, 4) is 5.75 Å². The normalized spacial score (nSPS) is 18.3. The highest BCUT2D eigenvalue weighted by atomic mass is 32.2. The van der Waals surface area contributed by atoms with Crippen LogP contribution < -0.4 is 4.74 Å². The van der Waals surface area contributed by atoms with Gasteiger partial charge in [-0.2, -0.15) is 0 Å². The van der Waals surface area contributed by atoms with Gasteiger partial charge in [-0.05, 0) is 24.6 Å². The Morgan fingerprint density at radius 3 is 2.89 bits per heavy atom. The summed E-state index contributed by atoms with van der Waals surface area (Å²) in [5.41, 5.74) is 0. The van der Waals surface area contributed by atoms with E-state index in [1.165, 1.54) is 0 Å². The summed E-state index contributed by atoms with van der Waals surface area (Å²) in [4.78, 5) is 0.290. The van der Waals surface area contributed by atoms with Gasteiger partial charge >= 0.3 is 0 Å². The molecule has 0 saturated carbocycles. The fraction of sp³-hybridized carbons (Fsp3) is 0.538. The Hall–Kier alpha value is -1.11. The molecule has 106 valence electrons. The molecule has 0 spiro atoms. The third kappa shape index (κ3) is 4.49. The van der Waals surface area contributed by atoms with Gasteiger partial charge in [-0.1, -0.05) is 6.07 Å². The monoisotopic (exact) mass is 286 g/mol. The Balaban J connectivity index is 1.99. The van der Waals surface area contributed by atoms with Crippen molar-refractivity contribution in [3.63, 3.8) is 0 Å². The average molecular weight is 286 g/mol. The molecule has 1 aromatic carbocycles. The first-order chi connectivity index (χ1) is 9.12. The third-order valence-electron chi connectivity index (χ3n) is 2.76. The molecule has 1 heterocycles. The number of benzene rings is 1. The lowest BCUT2D eigenvalue weighted by Gasteiger charge is -2.08. The van der Waals surface area contributed by atoms with Crippen LogP contribution in [0.15, 0.2) is 29.2 Å². The number of epoxide rings is 1. The van der Waals surface area contributed by atoms with Crippen molar-refractivity contribution in [1.29, 1.82) is 0 Å². The van der Waals surface area contributed by atoms with Crippen molar-refractivity contribution < 1.29 is 22.6 Å². The molecule has 0 aromatic heterocycles. The molecule has 6 heteroatoms. The Morgan fingerprint density at radius 1 is 1.42 bits per heavy atom. The Labute approximate surface area is 113 Å². The lowest BCUT2D eigenvalue weighted by molar-refractivity contribution is 0.199. The van der Waals surface area contributed by atoms with Crippen molar-refractivity contribution in [2.75, 3.05) is 32.7 Å². The van der Waals surface area contributed by atoms with Crippen molar-refractivity contribution in [2.24, 2.45) is 0 Å². The van der Waals surface area contributed by atoms with E-state index in [-0.39, 0.29) is 16.8 Å². The Bertz CT molecular complexity index is 508. The Kier molecular flexibility index (Phi) is 4.79. The minimum Gasteiger partial charge on any atom is -0.491 e. The second-order valence-electron chi connectivity index (χ2n) is 4.41. The van der Waals surface area contributed by atoms with Crippen LogP contribution in [0.4, 0.5) is 0 Å². The topological polar surface area (TPSA) is 65.1 Å². The number of ether oxygens (including phenoxy) is 3. The molecule has 1 aliphatic heterocycles. The maximum absolute atomic E-state index is 12.1. The molecule has 1 atom stereocenters. The number of rotatable bonds is 8. The number of sulfone groups is 1. The quantitative estimate of drug-likeness (QED) is 0.532. The summed E-state index contributed by atoms with van der Waals surface area (Å²) in [6, 6.07) is 6.58. The molecule has 5 nitrogen and oxygen atoms in total. The van der Waals surface area contributed by atoms with Crippen molar-refractivity contribution >= 4 is 9.84 Å². The summed E-state index contributed by atoms with van der Waals surface area (Å²) >= 11 is 0. The summed E-state index contributed by atoms with van der Waals surface area (Å²) in [6.07, 6.45) is 0.641. The first kappa shape index (κ1) is 14.3. The minimum atomic E-state index is -3.27. The molecule has 1 aliphatic rings. The molecule has 0 bridgehead atoms. The van der Waals surface area contributed by atoms with E-state index in [1.807, 2.05) is 0 Å². The molecule has 1 fully saturated rings. The molecular formula is C13H18O5S. The second kappa shape index (κ2) is 6.36. The zero-order chi connectivity index (χ0) is 13.7. The van der Waals surface area contributed by atoms with Gasteiger partial charge in [0.25, 0.3) is 0 Å². The van der Waals surface area contributed by atoms with E-state index >= 15 is 0 Å². The van der Waals surface area contributed by atoms with Gasteiger partial charge in [0.2, 0.25) is 0 Å². The number of hydrogen-bond acceptors (Lipinski definition) is 5. The SMILES string of the molecule is COCCCS(=O)(=O)c1cccc(OCC2CO2)c1. The summed E-state index contributed by atoms with van der Waals surface area (Å²) in [5, 5.41) is 0. The second-order valence-corrected chi connectivity index (χ2v) is 6.52. The third-order valence-corrected chi connectivity index (χ3v) is 4.56. The van der Waals surface area contributed by atoms with Crippen molar-refractivity contribution in [3.05, 3.63) is 24.3 Å². The minimum absolute atomic E-state index is 0.0794. The average Bonchev–Trinajstić information content (AvgIpc) is 3.21. The molecule has 1 unspecified atom stereocenters. The van der Waals surface area contributed by atoms with Gasteiger partial charge in [-0.25, -0.2) is 8.42 Å². The van der Waals surface area contributed by atoms with Crippen LogP contribution in [0, 0.1) is 0 Å². The standard InChI is InChI=1S/C13H18O5S/c1-16-6-3-7-19(14,15)13-5-2-4-11(8-13)17-9-12-10-18-12/h2,4-5,8,12H,3,6-7,9-10H2,1H3. The molecule has 1 aromatic rings. The van der Waals surface area contributed by atoms with Crippen LogP contribution in [0.3, 0.4) is 0 Å². The predicted molar refractivity (Wildman–Crippen MR) is 70.2 cm³/mol. The van der Waals surface area contributed by atoms with Gasteiger partial charge in [-0.3, -0.25) is 0 Å². The zero-order valence-corrected chi connectivity index (χ0v) is 11.7. The fourth-order valence-corrected chi connectivity index (χ4v) is 2.94. The lowest BCUT2D eigenvalue weighted by atomic mass is 10.3. The molecule has 19 heavy (non-hydrogen) atoms. The van der Waals surface area contributed by atoms with E-state index < -0.39 is 9.84 Å². The maximum Gasteiger partial charge on any atom is 0.178 e. The van der Waals surface area contributed by atoms with Crippen LogP contribution in [0.2, 0.25) is 0 Å². The number of hydrogen-bond donors (Lipinski definition) is 0. The molecule has 2 rings (SSSR count). The smallest absolute Gasteiger partial charge is 0.178 e. The molecule has 0 N–H and O–H groups in total. The van der Waals surface area contributed by atoms with Gasteiger partial charge in [0.05, 0.1) is 17.3 Å². The van der Waals surface area contributed by atoms with Gasteiger partial charge < -0.3 is 14.2 Å². The van der Waals surface area contributed by atoms with E-state index in [0.29, 0.717) is 25.4 Å². The first-order valence-corrected chi connectivity index (χ1v) is 7.83. The van der Waals surface area contributed by atoms with Gasteiger partial charge in [0.15, 0.2) is 9.84 Å². The highest BCUT2D eigenvalue weighted by molar-refractivity contribution is 7.91. The van der Waals surface area contributed by atoms with Crippen LogP contribution in [-0.4, -0.2) is 47.2 Å². The summed E-state index contributed by atoms with van der Waals surface area (Å²) in [6.45, 7) is 1.62. The van der Waals surface area contributed by atoms with Crippen LogP contribution in [-0.2, 0) is 19.3 Å². The zero-order valence-electron chi connectivity index (χ0n) is 10.9. The summed E-state index contributed by atoms with van der Waals surface area (Å²) in [5.74, 6) is 0.638. The molecule has 0 amide bonds. The lowest BCUT2D eigenvalue weighted by Crippen LogP contribution is -2.10. The van der Waals surface area contributed by atoms with Crippen molar-refractivity contribution in [2.45, 2.75) is 17.4 Å². The van der Waals surface area contributed by atoms with Gasteiger partial charge in [0, 0.05) is 13.7 Å². The van der Waals surface area contributed by atoms with Gasteiger partial charge in [-0.15, -0.1) is 0 Å². The number of methoxy groups -OCH3 is 1. The van der Waals surface area contributed by atoms with E-state index in [1.54, 1.807) is 31.4 Å². The molecule has 1 saturated heterocycles. The highest BCUT2D eigenvalue weighted by Crippen LogP contribution is 2.20. The van der Waals surface area contributed by atoms with Crippen LogP contribution in [0.5, 0.6) is 5.75 Å². The van der Waals surface area contributed by atoms with E-state index in [4.69, 9.17) is 14.2 Å². The van der Waals surface area contributed by atoms with Crippen LogP contribution in [0.1, 0.15) is 6.42 Å². The molecular weight excluding hydrogens is 268 g/mol. The molecule has 0 aliphatic carbocycles. The highest BCUT2D eigenvalue weighted by Gasteiger charge is 2.23. The maximum atomic E-state index is 12.1. The van der Waals surface area contributed by atoms with E-state index in [9.17, 15) is 8.42 Å². The van der Waals surface area contributed by atoms with Crippen molar-refractivity contribution in [1.82, 2.24) is 0 Å². The van der Waals surface area contributed by atoms with E-state index in [2.05, 4.69) is 0 Å². The summed E-state index contributed by atoms with van der Waals surface area (Å²) < 4.78 is 39.5. The van der Waals surface area contributed by atoms with Crippen LogP contribution >= 0.6 is 0 Å². The van der Waals surface area contributed by atoms with Crippen LogP contribution in [0.25, 0.3) is 0 Å². The largest absolute Gasteiger partial charge is 0.491 e. The summed E-state index contributed by atoms with van der Waals surface area (Å²) in [7, 11) is -1.71. The van der Waals surface area contributed by atoms with Gasteiger partial charge in [0.1, 0.15) is 18.5 Å².